The lowest BCUT2D eigenvalue weighted by Gasteiger charge is -2.53. The van der Waals surface area contributed by atoms with Crippen molar-refractivity contribution >= 4 is 5.97 Å². The fourth-order valence-corrected chi connectivity index (χ4v) is 7.50. The van der Waals surface area contributed by atoms with E-state index < -0.39 is 5.97 Å². The number of unbranched alkanes of at least 4 members (excludes halogenated alkanes) is 3. The Morgan fingerprint density at radius 1 is 0.821 bits per heavy atom. The van der Waals surface area contributed by atoms with Crippen LogP contribution >= 0.6 is 0 Å². The standard InChI is InChI=1S/C26H46O2/c1-3-5-8-14-21-18-24(26(27)28)25(20-12-9-7-10-13-20)22-16-15-19(11-6-4-2)17-23(21)22/h19-25H,3-18H2,1-2H3,(H,27,28). The Bertz CT molecular complexity index is 467. The minimum Gasteiger partial charge on any atom is -0.481 e. The number of carbonyl (C=O) groups is 1. The maximum atomic E-state index is 12.4. The second kappa shape index (κ2) is 11.0. The molecule has 3 fully saturated rings. The Kier molecular flexibility index (Phi) is 8.72. The average molecular weight is 391 g/mol. The highest BCUT2D eigenvalue weighted by atomic mass is 16.4. The molecule has 2 heteroatoms. The topological polar surface area (TPSA) is 37.3 Å². The molecule has 0 bridgehead atoms. The van der Waals surface area contributed by atoms with Crippen LogP contribution in [0.15, 0.2) is 0 Å². The summed E-state index contributed by atoms with van der Waals surface area (Å²) in [6.07, 6.45) is 21.0. The molecule has 0 aromatic heterocycles. The van der Waals surface area contributed by atoms with Gasteiger partial charge >= 0.3 is 5.97 Å². The van der Waals surface area contributed by atoms with Gasteiger partial charge in [-0.05, 0) is 54.8 Å². The van der Waals surface area contributed by atoms with Crippen molar-refractivity contribution in [2.45, 2.75) is 117 Å². The van der Waals surface area contributed by atoms with E-state index in [9.17, 15) is 9.90 Å². The maximum absolute atomic E-state index is 12.4. The van der Waals surface area contributed by atoms with Gasteiger partial charge in [0.25, 0.3) is 0 Å². The lowest BCUT2D eigenvalue weighted by molar-refractivity contribution is -0.153. The summed E-state index contributed by atoms with van der Waals surface area (Å²) in [6, 6.07) is 0. The molecule has 6 atom stereocenters. The lowest BCUT2D eigenvalue weighted by Crippen LogP contribution is -2.48. The maximum Gasteiger partial charge on any atom is 0.306 e. The van der Waals surface area contributed by atoms with Gasteiger partial charge in [0.1, 0.15) is 0 Å². The quantitative estimate of drug-likeness (QED) is 0.409. The molecule has 0 amide bonds. The van der Waals surface area contributed by atoms with Crippen LogP contribution in [-0.4, -0.2) is 11.1 Å². The molecular weight excluding hydrogens is 344 g/mol. The Morgan fingerprint density at radius 3 is 2.25 bits per heavy atom. The van der Waals surface area contributed by atoms with Crippen LogP contribution in [0.4, 0.5) is 0 Å². The fourth-order valence-electron chi connectivity index (χ4n) is 7.50. The van der Waals surface area contributed by atoms with Crippen LogP contribution in [0.5, 0.6) is 0 Å². The van der Waals surface area contributed by atoms with Crippen molar-refractivity contribution in [3.8, 4) is 0 Å². The summed E-state index contributed by atoms with van der Waals surface area (Å²) < 4.78 is 0. The molecule has 3 aliphatic rings. The number of hydrogen-bond acceptors (Lipinski definition) is 1. The summed E-state index contributed by atoms with van der Waals surface area (Å²) in [5, 5.41) is 10.2. The predicted molar refractivity (Wildman–Crippen MR) is 117 cm³/mol. The van der Waals surface area contributed by atoms with Gasteiger partial charge in [-0.15, -0.1) is 0 Å². The summed E-state index contributed by atoms with van der Waals surface area (Å²) >= 11 is 0. The van der Waals surface area contributed by atoms with Crippen LogP contribution < -0.4 is 0 Å². The predicted octanol–water partition coefficient (Wildman–Crippen LogP) is 7.71. The zero-order valence-electron chi connectivity index (χ0n) is 18.7. The third-order valence-electron chi connectivity index (χ3n) is 8.84. The first-order chi connectivity index (χ1) is 13.7. The molecule has 0 heterocycles. The highest BCUT2D eigenvalue weighted by Gasteiger charge is 2.51. The summed E-state index contributed by atoms with van der Waals surface area (Å²) in [4.78, 5) is 12.4. The normalized spacial score (nSPS) is 36.8. The van der Waals surface area contributed by atoms with Crippen molar-refractivity contribution in [3.05, 3.63) is 0 Å². The molecule has 6 unspecified atom stereocenters. The summed E-state index contributed by atoms with van der Waals surface area (Å²) in [6.45, 7) is 4.60. The summed E-state index contributed by atoms with van der Waals surface area (Å²) in [7, 11) is 0. The summed E-state index contributed by atoms with van der Waals surface area (Å²) in [5.74, 6) is 3.80. The van der Waals surface area contributed by atoms with Crippen molar-refractivity contribution in [1.29, 1.82) is 0 Å². The molecule has 0 saturated heterocycles. The third-order valence-corrected chi connectivity index (χ3v) is 8.84. The lowest BCUT2D eigenvalue weighted by atomic mass is 9.51. The van der Waals surface area contributed by atoms with Gasteiger partial charge in [0.05, 0.1) is 5.92 Å². The second-order valence-electron chi connectivity index (χ2n) is 10.6. The number of carboxylic acids is 1. The van der Waals surface area contributed by atoms with Gasteiger partial charge in [-0.1, -0.05) is 97.3 Å². The molecule has 0 spiro atoms. The molecule has 0 aromatic carbocycles. The smallest absolute Gasteiger partial charge is 0.306 e. The van der Waals surface area contributed by atoms with E-state index in [4.69, 9.17) is 0 Å². The zero-order chi connectivity index (χ0) is 19.9. The van der Waals surface area contributed by atoms with Crippen molar-refractivity contribution in [3.63, 3.8) is 0 Å². The molecule has 1 N–H and O–H groups in total. The molecule has 3 rings (SSSR count). The Balaban J connectivity index is 1.78. The van der Waals surface area contributed by atoms with E-state index in [1.807, 2.05) is 0 Å². The molecule has 162 valence electrons. The number of fused-ring (bicyclic) bond motifs is 1. The minimum absolute atomic E-state index is 0.0526. The van der Waals surface area contributed by atoms with Crippen LogP contribution in [0.2, 0.25) is 0 Å². The molecule has 3 aliphatic carbocycles. The minimum atomic E-state index is -0.470. The number of aliphatic carboxylic acids is 1. The Morgan fingerprint density at radius 2 is 1.57 bits per heavy atom. The Labute approximate surface area is 174 Å². The average Bonchev–Trinajstić information content (AvgIpc) is 2.72. The highest BCUT2D eigenvalue weighted by Crippen LogP contribution is 2.56. The van der Waals surface area contributed by atoms with E-state index in [1.54, 1.807) is 0 Å². The zero-order valence-corrected chi connectivity index (χ0v) is 18.7. The Hall–Kier alpha value is -0.530. The molecule has 2 nitrogen and oxygen atoms in total. The van der Waals surface area contributed by atoms with Crippen molar-refractivity contribution in [1.82, 2.24) is 0 Å². The van der Waals surface area contributed by atoms with Gasteiger partial charge in [-0.25, -0.2) is 0 Å². The van der Waals surface area contributed by atoms with Crippen LogP contribution in [0.1, 0.15) is 117 Å². The second-order valence-corrected chi connectivity index (χ2v) is 10.6. The van der Waals surface area contributed by atoms with Gasteiger partial charge in [0.15, 0.2) is 0 Å². The van der Waals surface area contributed by atoms with Gasteiger partial charge in [-0.3, -0.25) is 4.79 Å². The van der Waals surface area contributed by atoms with Gasteiger partial charge in [0.2, 0.25) is 0 Å². The molecule has 0 radical (unpaired) electrons. The monoisotopic (exact) mass is 390 g/mol. The molecule has 3 saturated carbocycles. The SMILES string of the molecule is CCCCCC1CC(C(=O)O)C(C2CCCCC2)C2CCC(CCCC)CC12. The van der Waals surface area contributed by atoms with Crippen LogP contribution in [0.25, 0.3) is 0 Å². The van der Waals surface area contributed by atoms with E-state index in [1.165, 1.54) is 96.3 Å². The van der Waals surface area contributed by atoms with E-state index in [2.05, 4.69) is 13.8 Å². The third kappa shape index (κ3) is 5.33. The summed E-state index contributed by atoms with van der Waals surface area (Å²) in [5.41, 5.74) is 0. The van der Waals surface area contributed by atoms with E-state index in [0.717, 1.165) is 18.3 Å². The molecule has 28 heavy (non-hydrogen) atoms. The number of hydrogen-bond donors (Lipinski definition) is 1. The van der Waals surface area contributed by atoms with Gasteiger partial charge < -0.3 is 5.11 Å². The van der Waals surface area contributed by atoms with Crippen molar-refractivity contribution in [2.75, 3.05) is 0 Å². The first kappa shape index (κ1) is 22.2. The van der Waals surface area contributed by atoms with Gasteiger partial charge in [0, 0.05) is 0 Å². The number of rotatable bonds is 9. The van der Waals surface area contributed by atoms with E-state index in [0.29, 0.717) is 23.7 Å². The fraction of sp³-hybridized carbons (Fsp3) is 0.962. The first-order valence-corrected chi connectivity index (χ1v) is 12.9. The first-order valence-electron chi connectivity index (χ1n) is 12.9. The van der Waals surface area contributed by atoms with Crippen LogP contribution in [0, 0.1) is 41.4 Å². The van der Waals surface area contributed by atoms with Gasteiger partial charge in [-0.2, -0.15) is 0 Å². The van der Waals surface area contributed by atoms with Crippen LogP contribution in [-0.2, 0) is 4.79 Å². The molecule has 0 aliphatic heterocycles. The van der Waals surface area contributed by atoms with E-state index >= 15 is 0 Å². The largest absolute Gasteiger partial charge is 0.481 e. The molecule has 0 aromatic rings. The van der Waals surface area contributed by atoms with Crippen molar-refractivity contribution in [2.24, 2.45) is 41.4 Å². The van der Waals surface area contributed by atoms with Crippen molar-refractivity contribution < 1.29 is 9.90 Å². The highest BCUT2D eigenvalue weighted by molar-refractivity contribution is 5.70. The van der Waals surface area contributed by atoms with Crippen LogP contribution in [0.3, 0.4) is 0 Å². The number of carboxylic acid groups (broad SMARTS) is 1. The molecular formula is C26H46O2. The van der Waals surface area contributed by atoms with E-state index in [-0.39, 0.29) is 5.92 Å².